The first-order valence-electron chi connectivity index (χ1n) is 10.0. The molecule has 2 aromatic carbocycles. The van der Waals surface area contributed by atoms with Crippen LogP contribution in [0.25, 0.3) is 0 Å². The van der Waals surface area contributed by atoms with Gasteiger partial charge in [0.15, 0.2) is 16.6 Å². The van der Waals surface area contributed by atoms with E-state index < -0.39 is 0 Å². The van der Waals surface area contributed by atoms with Crippen LogP contribution in [0.4, 0.5) is 11.4 Å². The summed E-state index contributed by atoms with van der Waals surface area (Å²) in [6.45, 7) is 5.61. The summed E-state index contributed by atoms with van der Waals surface area (Å²) in [6, 6.07) is 14.7. The van der Waals surface area contributed by atoms with Gasteiger partial charge in [-0.1, -0.05) is 12.1 Å². The van der Waals surface area contributed by atoms with Gasteiger partial charge in [0.2, 0.25) is 0 Å². The highest BCUT2D eigenvalue weighted by molar-refractivity contribution is 7.80. The van der Waals surface area contributed by atoms with Crippen molar-refractivity contribution in [3.63, 3.8) is 0 Å². The van der Waals surface area contributed by atoms with Crippen molar-refractivity contribution < 1.29 is 9.47 Å². The Bertz CT molecular complexity index is 819. The van der Waals surface area contributed by atoms with E-state index in [1.807, 2.05) is 18.2 Å². The Morgan fingerprint density at radius 1 is 0.964 bits per heavy atom. The Morgan fingerprint density at radius 2 is 1.68 bits per heavy atom. The van der Waals surface area contributed by atoms with E-state index in [2.05, 4.69) is 46.7 Å². The molecule has 0 spiro atoms. The highest BCUT2D eigenvalue weighted by Crippen LogP contribution is 2.32. The fraction of sp³-hybridized carbons (Fsp3) is 0.409. The minimum Gasteiger partial charge on any atom is -0.486 e. The van der Waals surface area contributed by atoms with Gasteiger partial charge < -0.3 is 25.0 Å². The lowest BCUT2D eigenvalue weighted by atomic mass is 10.1. The SMILES string of the molecule is CC(NC(=S)Nc1ccc2c(c1)OCCO2)c1ccc(N2CCCCC2)cc1. The number of hydrogen-bond acceptors (Lipinski definition) is 4. The molecule has 0 amide bonds. The molecule has 0 aliphatic carbocycles. The van der Waals surface area contributed by atoms with E-state index in [0.717, 1.165) is 30.3 Å². The first kappa shape index (κ1) is 18.9. The number of ether oxygens (including phenoxy) is 2. The molecule has 6 heteroatoms. The summed E-state index contributed by atoms with van der Waals surface area (Å²) >= 11 is 5.49. The molecule has 4 rings (SSSR count). The number of anilines is 2. The molecule has 1 saturated heterocycles. The fourth-order valence-electron chi connectivity index (χ4n) is 3.69. The van der Waals surface area contributed by atoms with Gasteiger partial charge in [-0.15, -0.1) is 0 Å². The molecule has 0 bridgehead atoms. The van der Waals surface area contributed by atoms with Crippen molar-refractivity contribution >= 4 is 28.7 Å². The molecule has 28 heavy (non-hydrogen) atoms. The summed E-state index contributed by atoms with van der Waals surface area (Å²) in [5.41, 5.74) is 3.41. The molecule has 5 nitrogen and oxygen atoms in total. The Kier molecular flexibility index (Phi) is 5.86. The fourth-order valence-corrected chi connectivity index (χ4v) is 3.99. The van der Waals surface area contributed by atoms with Gasteiger partial charge in [0.25, 0.3) is 0 Å². The zero-order chi connectivity index (χ0) is 19.3. The molecular formula is C22H27N3O2S. The summed E-state index contributed by atoms with van der Waals surface area (Å²) in [6.07, 6.45) is 3.93. The van der Waals surface area contributed by atoms with Crippen LogP contribution >= 0.6 is 12.2 Å². The molecule has 2 aliphatic rings. The van der Waals surface area contributed by atoms with E-state index in [4.69, 9.17) is 21.7 Å². The Morgan fingerprint density at radius 3 is 2.43 bits per heavy atom. The van der Waals surface area contributed by atoms with Gasteiger partial charge in [-0.25, -0.2) is 0 Å². The van der Waals surface area contributed by atoms with Crippen LogP contribution in [0.3, 0.4) is 0 Å². The quantitative estimate of drug-likeness (QED) is 0.741. The monoisotopic (exact) mass is 397 g/mol. The lowest BCUT2D eigenvalue weighted by Gasteiger charge is -2.29. The van der Waals surface area contributed by atoms with Crippen LogP contribution in [0.5, 0.6) is 11.5 Å². The standard InChI is InChI=1S/C22H27N3O2S/c1-16(17-5-8-19(9-6-17)25-11-3-2-4-12-25)23-22(28)24-18-7-10-20-21(15-18)27-14-13-26-20/h5-10,15-16H,2-4,11-14H2,1H3,(H2,23,24,28). The Labute approximate surface area is 172 Å². The molecule has 2 N–H and O–H groups in total. The van der Waals surface area contributed by atoms with Crippen LogP contribution in [-0.2, 0) is 0 Å². The lowest BCUT2D eigenvalue weighted by Crippen LogP contribution is -2.31. The van der Waals surface area contributed by atoms with Crippen LogP contribution in [-0.4, -0.2) is 31.4 Å². The van der Waals surface area contributed by atoms with Gasteiger partial charge in [-0.3, -0.25) is 0 Å². The minimum absolute atomic E-state index is 0.118. The second-order valence-electron chi connectivity index (χ2n) is 7.32. The number of nitrogens with zero attached hydrogens (tertiary/aromatic N) is 1. The highest BCUT2D eigenvalue weighted by atomic mass is 32.1. The summed E-state index contributed by atoms with van der Waals surface area (Å²) in [5, 5.41) is 7.18. The van der Waals surface area contributed by atoms with Crippen LogP contribution in [0.15, 0.2) is 42.5 Å². The van der Waals surface area contributed by atoms with Gasteiger partial charge >= 0.3 is 0 Å². The lowest BCUT2D eigenvalue weighted by molar-refractivity contribution is 0.171. The van der Waals surface area contributed by atoms with Crippen molar-refractivity contribution in [1.29, 1.82) is 0 Å². The number of nitrogens with one attached hydrogen (secondary N) is 2. The molecule has 0 radical (unpaired) electrons. The number of fused-ring (bicyclic) bond motifs is 1. The van der Waals surface area contributed by atoms with Gasteiger partial charge in [-0.05, 0) is 68.2 Å². The molecule has 2 aromatic rings. The van der Waals surface area contributed by atoms with E-state index in [-0.39, 0.29) is 6.04 Å². The largest absolute Gasteiger partial charge is 0.486 e. The van der Waals surface area contributed by atoms with E-state index in [1.165, 1.54) is 30.5 Å². The number of piperidine rings is 1. The molecule has 2 heterocycles. The number of hydrogen-bond donors (Lipinski definition) is 2. The molecular weight excluding hydrogens is 370 g/mol. The average molecular weight is 398 g/mol. The summed E-state index contributed by atoms with van der Waals surface area (Å²) in [4.78, 5) is 2.47. The first-order valence-corrected chi connectivity index (χ1v) is 10.4. The van der Waals surface area contributed by atoms with E-state index in [0.29, 0.717) is 18.3 Å². The maximum atomic E-state index is 5.62. The topological polar surface area (TPSA) is 45.8 Å². The molecule has 2 aliphatic heterocycles. The number of thiocarbonyl (C=S) groups is 1. The maximum Gasteiger partial charge on any atom is 0.171 e. The third-order valence-electron chi connectivity index (χ3n) is 5.26. The van der Waals surface area contributed by atoms with E-state index in [1.54, 1.807) is 0 Å². The molecule has 0 saturated carbocycles. The van der Waals surface area contributed by atoms with E-state index in [9.17, 15) is 0 Å². The zero-order valence-corrected chi connectivity index (χ0v) is 17.1. The summed E-state index contributed by atoms with van der Waals surface area (Å²) in [5.74, 6) is 1.53. The predicted octanol–water partition coefficient (Wildman–Crippen LogP) is 4.50. The molecule has 1 unspecified atom stereocenters. The number of rotatable bonds is 4. The van der Waals surface area contributed by atoms with Crippen LogP contribution in [0.2, 0.25) is 0 Å². The minimum atomic E-state index is 0.118. The van der Waals surface area contributed by atoms with Gasteiger partial charge in [0.1, 0.15) is 13.2 Å². The average Bonchev–Trinajstić information content (AvgIpc) is 2.74. The summed E-state index contributed by atoms with van der Waals surface area (Å²) in [7, 11) is 0. The Hall–Kier alpha value is -2.47. The van der Waals surface area contributed by atoms with Crippen molar-refractivity contribution in [3.8, 4) is 11.5 Å². The van der Waals surface area contributed by atoms with E-state index >= 15 is 0 Å². The molecule has 1 atom stereocenters. The third-order valence-corrected chi connectivity index (χ3v) is 5.48. The Balaban J connectivity index is 1.33. The summed E-state index contributed by atoms with van der Waals surface area (Å²) < 4.78 is 11.2. The first-order chi connectivity index (χ1) is 13.7. The van der Waals surface area contributed by atoms with Crippen molar-refractivity contribution in [2.45, 2.75) is 32.2 Å². The second-order valence-corrected chi connectivity index (χ2v) is 7.73. The normalized spacial score (nSPS) is 17.0. The highest BCUT2D eigenvalue weighted by Gasteiger charge is 2.14. The van der Waals surface area contributed by atoms with Crippen molar-refractivity contribution in [2.24, 2.45) is 0 Å². The van der Waals surface area contributed by atoms with Gasteiger partial charge in [0, 0.05) is 30.5 Å². The van der Waals surface area contributed by atoms with Crippen LogP contribution in [0, 0.1) is 0 Å². The van der Waals surface area contributed by atoms with Gasteiger partial charge in [0.05, 0.1) is 6.04 Å². The number of benzene rings is 2. The maximum absolute atomic E-state index is 5.62. The smallest absolute Gasteiger partial charge is 0.171 e. The zero-order valence-electron chi connectivity index (χ0n) is 16.2. The third kappa shape index (κ3) is 4.50. The van der Waals surface area contributed by atoms with Crippen molar-refractivity contribution in [1.82, 2.24) is 5.32 Å². The molecule has 0 aromatic heterocycles. The predicted molar refractivity (Wildman–Crippen MR) is 118 cm³/mol. The van der Waals surface area contributed by atoms with Crippen molar-refractivity contribution in [2.75, 3.05) is 36.5 Å². The van der Waals surface area contributed by atoms with Crippen molar-refractivity contribution in [3.05, 3.63) is 48.0 Å². The second kappa shape index (κ2) is 8.69. The van der Waals surface area contributed by atoms with Gasteiger partial charge in [-0.2, -0.15) is 0 Å². The van der Waals surface area contributed by atoms with Crippen LogP contribution in [0.1, 0.15) is 37.8 Å². The molecule has 148 valence electrons. The molecule has 1 fully saturated rings. The van der Waals surface area contributed by atoms with Crippen LogP contribution < -0.4 is 25.0 Å².